The zero-order chi connectivity index (χ0) is 12.1. The Hall–Kier alpha value is -1.09. The van der Waals surface area contributed by atoms with E-state index in [4.69, 9.17) is 0 Å². The molecule has 90 valence electrons. The van der Waals surface area contributed by atoms with E-state index in [1.807, 2.05) is 6.21 Å². The van der Waals surface area contributed by atoms with Crippen molar-refractivity contribution in [1.82, 2.24) is 0 Å². The van der Waals surface area contributed by atoms with E-state index in [0.29, 0.717) is 4.83 Å². The predicted molar refractivity (Wildman–Crippen MR) is 78.2 cm³/mol. The molecule has 1 heterocycles. The van der Waals surface area contributed by atoms with E-state index in [1.165, 1.54) is 16.9 Å². The van der Waals surface area contributed by atoms with Gasteiger partial charge in [0.1, 0.15) is 0 Å². The van der Waals surface area contributed by atoms with Crippen LogP contribution in [0.15, 0.2) is 41.0 Å². The van der Waals surface area contributed by atoms with Crippen LogP contribution in [0.3, 0.4) is 0 Å². The number of benzene rings is 1. The topological polar surface area (TPSA) is 24.4 Å². The molecule has 2 rings (SSSR count). The number of nitrogens with zero attached hydrogens (tertiary/aromatic N) is 1. The van der Waals surface area contributed by atoms with Gasteiger partial charge in [-0.2, -0.15) is 0 Å². The third kappa shape index (κ3) is 3.43. The molecule has 1 aromatic carbocycles. The number of aryl methyl sites for hydroxylation is 1. The normalized spacial score (nSPS) is 19.6. The third-order valence-electron chi connectivity index (χ3n) is 2.81. The van der Waals surface area contributed by atoms with Crippen molar-refractivity contribution in [3.8, 4) is 0 Å². The van der Waals surface area contributed by atoms with Gasteiger partial charge in [0, 0.05) is 17.6 Å². The van der Waals surface area contributed by atoms with Crippen LogP contribution in [0.2, 0.25) is 0 Å². The van der Waals surface area contributed by atoms with Crippen LogP contribution < -0.4 is 5.32 Å². The van der Waals surface area contributed by atoms with Gasteiger partial charge in [-0.25, -0.2) is 0 Å². The van der Waals surface area contributed by atoms with Gasteiger partial charge in [0.2, 0.25) is 0 Å². The van der Waals surface area contributed by atoms with Crippen LogP contribution in [0, 0.1) is 0 Å². The van der Waals surface area contributed by atoms with Gasteiger partial charge in [0.05, 0.1) is 11.4 Å². The highest BCUT2D eigenvalue weighted by Gasteiger charge is 2.06. The molecule has 1 aromatic rings. The first-order valence-corrected chi connectivity index (χ1v) is 6.89. The summed E-state index contributed by atoms with van der Waals surface area (Å²) >= 11 is 3.56. The SMILES string of the molecule is CCc1ccccc1NC1=CCC(Br)C=NC1. The minimum Gasteiger partial charge on any atom is -0.357 e. The Kier molecular flexibility index (Phi) is 4.37. The van der Waals surface area contributed by atoms with Gasteiger partial charge in [-0.15, -0.1) is 0 Å². The van der Waals surface area contributed by atoms with E-state index in [1.54, 1.807) is 0 Å². The molecule has 0 aliphatic carbocycles. The summed E-state index contributed by atoms with van der Waals surface area (Å²) in [4.78, 5) is 4.75. The maximum atomic E-state index is 4.38. The van der Waals surface area contributed by atoms with Gasteiger partial charge in [-0.1, -0.05) is 47.1 Å². The van der Waals surface area contributed by atoms with Crippen molar-refractivity contribution in [1.29, 1.82) is 0 Å². The first-order valence-electron chi connectivity index (χ1n) is 5.97. The zero-order valence-electron chi connectivity index (χ0n) is 9.99. The van der Waals surface area contributed by atoms with Crippen molar-refractivity contribution in [3.63, 3.8) is 0 Å². The van der Waals surface area contributed by atoms with Crippen molar-refractivity contribution >= 4 is 27.8 Å². The molecule has 0 fully saturated rings. The Morgan fingerprint density at radius 1 is 1.41 bits per heavy atom. The number of halogens is 1. The lowest BCUT2D eigenvalue weighted by Gasteiger charge is -2.12. The molecule has 0 aromatic heterocycles. The van der Waals surface area contributed by atoms with Gasteiger partial charge in [-0.05, 0) is 24.5 Å². The number of aliphatic imine (C=N–C) groups is 1. The Balaban J connectivity index is 2.12. The summed E-state index contributed by atoms with van der Waals surface area (Å²) in [5.74, 6) is 0. The van der Waals surface area contributed by atoms with Crippen molar-refractivity contribution < 1.29 is 0 Å². The molecule has 1 unspecified atom stereocenters. The second-order valence-corrected chi connectivity index (χ2v) is 5.28. The van der Waals surface area contributed by atoms with E-state index in [0.717, 1.165) is 19.4 Å². The molecular weight excluding hydrogens is 276 g/mol. The lowest BCUT2D eigenvalue weighted by Crippen LogP contribution is -2.04. The number of hydrogen-bond donors (Lipinski definition) is 1. The molecule has 1 atom stereocenters. The molecule has 1 aliphatic heterocycles. The van der Waals surface area contributed by atoms with Crippen LogP contribution in [0.1, 0.15) is 18.9 Å². The Morgan fingerprint density at radius 3 is 3.06 bits per heavy atom. The molecule has 2 nitrogen and oxygen atoms in total. The monoisotopic (exact) mass is 292 g/mol. The molecule has 0 amide bonds. The summed E-state index contributed by atoms with van der Waals surface area (Å²) in [5.41, 5.74) is 3.73. The largest absolute Gasteiger partial charge is 0.357 e. The molecular formula is C14H17BrN2. The smallest absolute Gasteiger partial charge is 0.0782 e. The number of alkyl halides is 1. The first kappa shape index (κ1) is 12.4. The van der Waals surface area contributed by atoms with Crippen LogP contribution in [0.4, 0.5) is 5.69 Å². The standard InChI is InChI=1S/C14H17BrN2/c1-2-11-5-3-4-6-14(11)17-13-8-7-12(15)9-16-10-13/h3-6,8-9,12,17H,2,7,10H2,1H3. The quantitative estimate of drug-likeness (QED) is 0.843. The average molecular weight is 293 g/mol. The van der Waals surface area contributed by atoms with E-state index in [2.05, 4.69) is 63.5 Å². The Morgan fingerprint density at radius 2 is 2.24 bits per heavy atom. The molecule has 0 saturated carbocycles. The fourth-order valence-electron chi connectivity index (χ4n) is 1.86. The lowest BCUT2D eigenvalue weighted by molar-refractivity contribution is 1.10. The highest BCUT2D eigenvalue weighted by atomic mass is 79.9. The van der Waals surface area contributed by atoms with Gasteiger partial charge >= 0.3 is 0 Å². The molecule has 0 spiro atoms. The molecule has 3 heteroatoms. The minimum atomic E-state index is 0.364. The van der Waals surface area contributed by atoms with Crippen molar-refractivity contribution in [2.75, 3.05) is 11.9 Å². The molecule has 1 aliphatic rings. The fourth-order valence-corrected chi connectivity index (χ4v) is 2.21. The van der Waals surface area contributed by atoms with E-state index in [9.17, 15) is 0 Å². The summed E-state index contributed by atoms with van der Waals surface area (Å²) in [5, 5.41) is 3.49. The van der Waals surface area contributed by atoms with Crippen molar-refractivity contribution in [3.05, 3.63) is 41.6 Å². The molecule has 0 radical (unpaired) electrons. The van der Waals surface area contributed by atoms with Crippen LogP contribution in [0.25, 0.3) is 0 Å². The summed E-state index contributed by atoms with van der Waals surface area (Å²) in [6.45, 7) is 2.91. The molecule has 17 heavy (non-hydrogen) atoms. The fraction of sp³-hybridized carbons (Fsp3) is 0.357. The first-order chi connectivity index (χ1) is 8.29. The number of allylic oxidation sites excluding steroid dienone is 1. The summed E-state index contributed by atoms with van der Waals surface area (Å²) in [6.07, 6.45) is 6.22. The maximum absolute atomic E-state index is 4.38. The van der Waals surface area contributed by atoms with Gasteiger partial charge < -0.3 is 5.32 Å². The number of rotatable bonds is 3. The average Bonchev–Trinajstić information content (AvgIpc) is 2.55. The maximum Gasteiger partial charge on any atom is 0.0782 e. The summed E-state index contributed by atoms with van der Waals surface area (Å²) in [7, 11) is 0. The summed E-state index contributed by atoms with van der Waals surface area (Å²) < 4.78 is 0. The van der Waals surface area contributed by atoms with Gasteiger partial charge in [-0.3, -0.25) is 4.99 Å². The predicted octanol–water partition coefficient (Wildman–Crippen LogP) is 3.78. The number of anilines is 1. The van der Waals surface area contributed by atoms with E-state index >= 15 is 0 Å². The van der Waals surface area contributed by atoms with Crippen molar-refractivity contribution in [2.24, 2.45) is 4.99 Å². The van der Waals surface area contributed by atoms with Crippen LogP contribution in [-0.4, -0.2) is 17.6 Å². The number of para-hydroxylation sites is 1. The second kappa shape index (κ2) is 6.01. The van der Waals surface area contributed by atoms with E-state index in [-0.39, 0.29) is 0 Å². The Bertz CT molecular complexity index is 438. The number of hydrogen-bond acceptors (Lipinski definition) is 2. The molecule has 0 saturated heterocycles. The highest BCUT2D eigenvalue weighted by molar-refractivity contribution is 9.09. The van der Waals surface area contributed by atoms with Crippen LogP contribution in [0.5, 0.6) is 0 Å². The van der Waals surface area contributed by atoms with Gasteiger partial charge in [0.25, 0.3) is 0 Å². The van der Waals surface area contributed by atoms with E-state index < -0.39 is 0 Å². The van der Waals surface area contributed by atoms with Gasteiger partial charge in [0.15, 0.2) is 0 Å². The summed E-state index contributed by atoms with van der Waals surface area (Å²) in [6, 6.07) is 8.43. The molecule has 0 bridgehead atoms. The highest BCUT2D eigenvalue weighted by Crippen LogP contribution is 2.19. The number of nitrogens with one attached hydrogen (secondary N) is 1. The third-order valence-corrected chi connectivity index (χ3v) is 3.42. The van der Waals surface area contributed by atoms with Crippen molar-refractivity contribution in [2.45, 2.75) is 24.6 Å². The zero-order valence-corrected chi connectivity index (χ0v) is 11.6. The van der Waals surface area contributed by atoms with Crippen LogP contribution >= 0.6 is 15.9 Å². The lowest BCUT2D eigenvalue weighted by atomic mass is 10.1. The molecule has 1 N–H and O–H groups in total. The minimum absolute atomic E-state index is 0.364. The van der Waals surface area contributed by atoms with Crippen LogP contribution in [-0.2, 0) is 6.42 Å². The second-order valence-electron chi connectivity index (χ2n) is 4.11. The Labute approximate surface area is 111 Å².